The molecule has 4 aromatic rings. The summed E-state index contributed by atoms with van der Waals surface area (Å²) in [5.41, 5.74) is 10.4. The van der Waals surface area contributed by atoms with Crippen molar-refractivity contribution >= 4 is 17.6 Å². The van der Waals surface area contributed by atoms with Crippen LogP contribution >= 0.6 is 0 Å². The highest BCUT2D eigenvalue weighted by atomic mass is 16.2. The lowest BCUT2D eigenvalue weighted by atomic mass is 10.1. The van der Waals surface area contributed by atoms with Crippen LogP contribution in [0, 0.1) is 0 Å². The smallest absolute Gasteiger partial charge is 0.273 e. The molecule has 0 aliphatic carbocycles. The van der Waals surface area contributed by atoms with Crippen molar-refractivity contribution < 1.29 is 9.59 Å². The molecule has 0 atom stereocenters. The number of anilines is 1. The maximum Gasteiger partial charge on any atom is 0.273 e. The first-order chi connectivity index (χ1) is 16.0. The molecular formula is C25H22N6O2. The largest absolute Gasteiger partial charge is 0.382 e. The lowest BCUT2D eigenvalue weighted by Crippen LogP contribution is -2.23. The van der Waals surface area contributed by atoms with Gasteiger partial charge in [0.05, 0.1) is 11.9 Å². The van der Waals surface area contributed by atoms with Crippen molar-refractivity contribution in [2.45, 2.75) is 6.54 Å². The summed E-state index contributed by atoms with van der Waals surface area (Å²) in [7, 11) is 1.49. The maximum atomic E-state index is 12.7. The van der Waals surface area contributed by atoms with Gasteiger partial charge in [0, 0.05) is 37.1 Å². The minimum absolute atomic E-state index is 0.0413. The Morgan fingerprint density at radius 2 is 1.70 bits per heavy atom. The van der Waals surface area contributed by atoms with Gasteiger partial charge in [-0.25, -0.2) is 9.97 Å². The fraction of sp³-hybridized carbons (Fsp3) is 0.0800. The molecule has 4 N–H and O–H groups in total. The second kappa shape index (κ2) is 9.69. The Balaban J connectivity index is 1.46. The Labute approximate surface area is 190 Å². The molecular weight excluding hydrogens is 416 g/mol. The molecule has 0 aliphatic heterocycles. The van der Waals surface area contributed by atoms with E-state index in [2.05, 4.69) is 25.6 Å². The van der Waals surface area contributed by atoms with Gasteiger partial charge in [0.25, 0.3) is 11.8 Å². The first-order valence-electron chi connectivity index (χ1n) is 10.3. The number of nitrogens with zero attached hydrogens (tertiary/aromatic N) is 3. The summed E-state index contributed by atoms with van der Waals surface area (Å²) >= 11 is 0. The Morgan fingerprint density at radius 1 is 0.909 bits per heavy atom. The Hall–Kier alpha value is -4.59. The minimum Gasteiger partial charge on any atom is -0.382 e. The molecule has 0 saturated carbocycles. The van der Waals surface area contributed by atoms with E-state index in [4.69, 9.17) is 5.73 Å². The van der Waals surface area contributed by atoms with Gasteiger partial charge in [-0.15, -0.1) is 0 Å². The van der Waals surface area contributed by atoms with Gasteiger partial charge in [0.1, 0.15) is 0 Å². The number of hydrogen-bond acceptors (Lipinski definition) is 6. The molecule has 4 rings (SSSR count). The first kappa shape index (κ1) is 21.6. The lowest BCUT2D eigenvalue weighted by Gasteiger charge is -2.09. The van der Waals surface area contributed by atoms with E-state index in [0.717, 1.165) is 16.7 Å². The van der Waals surface area contributed by atoms with Crippen molar-refractivity contribution in [2.75, 3.05) is 12.8 Å². The number of pyridine rings is 1. The molecule has 33 heavy (non-hydrogen) atoms. The van der Waals surface area contributed by atoms with Crippen LogP contribution in [0.3, 0.4) is 0 Å². The second-order valence-corrected chi connectivity index (χ2v) is 7.27. The molecule has 0 aliphatic rings. The van der Waals surface area contributed by atoms with Crippen LogP contribution in [0.4, 0.5) is 5.82 Å². The number of amides is 2. The highest BCUT2D eigenvalue weighted by molar-refractivity contribution is 5.97. The summed E-state index contributed by atoms with van der Waals surface area (Å²) in [6.07, 6.45) is 5.03. The van der Waals surface area contributed by atoms with E-state index in [1.54, 1.807) is 30.5 Å². The average molecular weight is 438 g/mol. The van der Waals surface area contributed by atoms with Crippen LogP contribution in [0.15, 0.2) is 79.3 Å². The van der Waals surface area contributed by atoms with E-state index in [-0.39, 0.29) is 17.4 Å². The van der Waals surface area contributed by atoms with Gasteiger partial charge in [0.15, 0.2) is 11.5 Å². The van der Waals surface area contributed by atoms with Gasteiger partial charge in [0.2, 0.25) is 0 Å². The van der Waals surface area contributed by atoms with Crippen molar-refractivity contribution in [2.24, 2.45) is 0 Å². The van der Waals surface area contributed by atoms with Crippen LogP contribution in [-0.2, 0) is 6.54 Å². The fourth-order valence-electron chi connectivity index (χ4n) is 3.28. The van der Waals surface area contributed by atoms with Crippen molar-refractivity contribution in [3.8, 4) is 22.4 Å². The molecule has 8 heteroatoms. The third kappa shape index (κ3) is 5.01. The SMILES string of the molecule is CNC(=O)c1nc(-c2cccc(C(=O)NCc3ccc(-c4cccnc4)cc3)c2)cnc1N. The summed E-state index contributed by atoms with van der Waals surface area (Å²) in [5.74, 6) is -0.602. The Morgan fingerprint density at radius 3 is 2.42 bits per heavy atom. The third-order valence-corrected chi connectivity index (χ3v) is 5.07. The molecule has 164 valence electrons. The molecule has 0 spiro atoms. The molecule has 2 aromatic heterocycles. The highest BCUT2D eigenvalue weighted by Gasteiger charge is 2.14. The summed E-state index contributed by atoms with van der Waals surface area (Å²) < 4.78 is 0. The monoisotopic (exact) mass is 438 g/mol. The molecule has 2 amide bonds. The zero-order valence-electron chi connectivity index (χ0n) is 17.9. The van der Waals surface area contributed by atoms with Crippen LogP contribution in [0.1, 0.15) is 26.4 Å². The third-order valence-electron chi connectivity index (χ3n) is 5.07. The number of benzene rings is 2. The van der Waals surface area contributed by atoms with E-state index in [1.807, 2.05) is 42.6 Å². The number of carbonyl (C=O) groups is 2. The summed E-state index contributed by atoms with van der Waals surface area (Å²) in [5, 5.41) is 5.42. The minimum atomic E-state index is -0.426. The number of carbonyl (C=O) groups excluding carboxylic acids is 2. The molecule has 0 radical (unpaired) electrons. The second-order valence-electron chi connectivity index (χ2n) is 7.27. The van der Waals surface area contributed by atoms with Crippen LogP contribution in [0.5, 0.6) is 0 Å². The van der Waals surface area contributed by atoms with Crippen molar-refractivity contribution in [3.05, 3.63) is 96.1 Å². The standard InChI is InChI=1S/C25H22N6O2/c1-27-25(33)22-23(26)29-15-21(31-22)18-4-2-5-19(12-18)24(32)30-13-16-7-9-17(10-8-16)20-6-3-11-28-14-20/h2-12,14-15H,13H2,1H3,(H2,26,29)(H,27,33)(H,30,32). The predicted molar refractivity (Wildman–Crippen MR) is 126 cm³/mol. The number of hydrogen-bond donors (Lipinski definition) is 3. The normalized spacial score (nSPS) is 10.5. The first-order valence-corrected chi connectivity index (χ1v) is 10.3. The van der Waals surface area contributed by atoms with E-state index in [9.17, 15) is 9.59 Å². The predicted octanol–water partition coefficient (Wildman–Crippen LogP) is 3.08. The number of rotatable bonds is 6. The quantitative estimate of drug-likeness (QED) is 0.425. The Bertz CT molecular complexity index is 1290. The van der Waals surface area contributed by atoms with Crippen molar-refractivity contribution in [1.29, 1.82) is 0 Å². The topological polar surface area (TPSA) is 123 Å². The number of nitrogens with two attached hydrogens (primary N) is 1. The fourth-order valence-corrected chi connectivity index (χ4v) is 3.28. The van der Waals surface area contributed by atoms with E-state index >= 15 is 0 Å². The van der Waals surface area contributed by atoms with Gasteiger partial charge < -0.3 is 16.4 Å². The zero-order valence-corrected chi connectivity index (χ0v) is 17.9. The number of nitrogens with one attached hydrogen (secondary N) is 2. The molecule has 2 heterocycles. The molecule has 0 fully saturated rings. The van der Waals surface area contributed by atoms with Crippen LogP contribution < -0.4 is 16.4 Å². The van der Waals surface area contributed by atoms with Crippen molar-refractivity contribution in [1.82, 2.24) is 25.6 Å². The lowest BCUT2D eigenvalue weighted by molar-refractivity contribution is 0.0945. The van der Waals surface area contributed by atoms with Gasteiger partial charge in [-0.3, -0.25) is 14.6 Å². The van der Waals surface area contributed by atoms with E-state index < -0.39 is 5.91 Å². The van der Waals surface area contributed by atoms with E-state index in [1.165, 1.54) is 13.2 Å². The summed E-state index contributed by atoms with van der Waals surface area (Å²) in [6, 6.07) is 18.8. The Kier molecular flexibility index (Phi) is 6.36. The maximum absolute atomic E-state index is 12.7. The van der Waals surface area contributed by atoms with Gasteiger partial charge in [-0.1, -0.05) is 42.5 Å². The summed E-state index contributed by atoms with van der Waals surface area (Å²) in [4.78, 5) is 37.2. The van der Waals surface area contributed by atoms with Gasteiger partial charge in [-0.05, 0) is 34.9 Å². The van der Waals surface area contributed by atoms with E-state index in [0.29, 0.717) is 23.4 Å². The van der Waals surface area contributed by atoms with Crippen LogP contribution in [0.2, 0.25) is 0 Å². The van der Waals surface area contributed by atoms with Crippen LogP contribution in [-0.4, -0.2) is 33.8 Å². The van der Waals surface area contributed by atoms with Gasteiger partial charge >= 0.3 is 0 Å². The number of aromatic nitrogens is 3. The summed E-state index contributed by atoms with van der Waals surface area (Å²) in [6.45, 7) is 0.388. The molecule has 0 unspecified atom stereocenters. The average Bonchev–Trinajstić information content (AvgIpc) is 2.88. The zero-order chi connectivity index (χ0) is 23.2. The number of nitrogen functional groups attached to an aromatic ring is 1. The van der Waals surface area contributed by atoms with Crippen LogP contribution in [0.25, 0.3) is 22.4 Å². The molecule has 2 aromatic carbocycles. The molecule has 0 saturated heterocycles. The highest BCUT2D eigenvalue weighted by Crippen LogP contribution is 2.21. The molecule has 0 bridgehead atoms. The molecule has 8 nitrogen and oxygen atoms in total. The van der Waals surface area contributed by atoms with Gasteiger partial charge in [-0.2, -0.15) is 0 Å². The van der Waals surface area contributed by atoms with Crippen molar-refractivity contribution in [3.63, 3.8) is 0 Å².